The van der Waals surface area contributed by atoms with E-state index in [1.54, 1.807) is 27.7 Å². The highest BCUT2D eigenvalue weighted by Gasteiger charge is 2.81. The first kappa shape index (κ1) is 46.3. The van der Waals surface area contributed by atoms with Crippen LogP contribution in [0.1, 0.15) is 88.5 Å². The van der Waals surface area contributed by atoms with Crippen LogP contribution < -0.4 is 0 Å². The van der Waals surface area contributed by atoms with E-state index in [4.69, 9.17) is 37.9 Å². The second-order valence-electron chi connectivity index (χ2n) is 17.1. The molecule has 2 heterocycles. The zero-order chi connectivity index (χ0) is 43.5. The predicted molar refractivity (Wildman–Crippen MR) is 199 cm³/mol. The summed E-state index contributed by atoms with van der Waals surface area (Å²) in [7, 11) is 0. The number of esters is 7. The summed E-state index contributed by atoms with van der Waals surface area (Å²) in [6.45, 7) is 13.8. The van der Waals surface area contributed by atoms with E-state index in [0.29, 0.717) is 0 Å². The lowest BCUT2D eigenvalue weighted by Crippen LogP contribution is -2.76. The van der Waals surface area contributed by atoms with E-state index in [-0.39, 0.29) is 49.2 Å². The number of carbonyl (C=O) groups is 7. The predicted octanol–water partition coefficient (Wildman–Crippen LogP) is 2.45. The van der Waals surface area contributed by atoms with Crippen molar-refractivity contribution in [2.45, 2.75) is 136 Å². The van der Waals surface area contributed by atoms with Gasteiger partial charge in [0.05, 0.1) is 17.9 Å². The quantitative estimate of drug-likeness (QED) is 0.145. The maximum Gasteiger partial charge on any atom is 0.332 e. The number of hydrogen-bond donors (Lipinski definition) is 2. The van der Waals surface area contributed by atoms with Crippen molar-refractivity contribution >= 4 is 41.8 Å². The fourth-order valence-electron chi connectivity index (χ4n) is 8.35. The van der Waals surface area contributed by atoms with Crippen LogP contribution in [0, 0.1) is 35.0 Å². The fraction of sp³-hybridized carbons (Fsp3) is 0.732. The molecule has 0 unspecified atom stereocenters. The molecule has 1 saturated carbocycles. The number of aliphatic hydroxyl groups excluding tert-OH is 1. The minimum atomic E-state index is -2.49. The molecule has 2 aliphatic heterocycles. The Labute approximate surface area is 338 Å². The van der Waals surface area contributed by atoms with Crippen LogP contribution in [-0.4, -0.2) is 120 Å². The highest BCUT2D eigenvalue weighted by atomic mass is 16.7. The van der Waals surface area contributed by atoms with Gasteiger partial charge in [0, 0.05) is 39.0 Å². The van der Waals surface area contributed by atoms with Crippen molar-refractivity contribution in [3.63, 3.8) is 0 Å². The van der Waals surface area contributed by atoms with Crippen LogP contribution in [0.4, 0.5) is 0 Å². The van der Waals surface area contributed by atoms with Crippen molar-refractivity contribution in [3.05, 3.63) is 23.8 Å². The third-order valence-electron chi connectivity index (χ3n) is 11.0. The summed E-state index contributed by atoms with van der Waals surface area (Å²) >= 11 is 0. The Morgan fingerprint density at radius 3 is 1.84 bits per heavy atom. The Hall–Kier alpha value is -4.35. The summed E-state index contributed by atoms with van der Waals surface area (Å²) in [6, 6.07) is 0. The first-order chi connectivity index (χ1) is 27.0. The molecule has 4 aliphatic rings. The molecule has 1 spiro atoms. The van der Waals surface area contributed by atoms with Gasteiger partial charge in [0.25, 0.3) is 0 Å². The summed E-state index contributed by atoms with van der Waals surface area (Å²) in [6.07, 6.45) is -6.26. The number of carbonyl (C=O) groups excluding carboxylic acids is 7. The van der Waals surface area contributed by atoms with Gasteiger partial charge in [-0.3, -0.25) is 28.8 Å². The standard InChI is InChI=1S/C41H58O17/c1-20(2)13-29(45)51-18-26-11-12-27(55-32(48)17-42)39(10)34(37(54-25(9)44)41(50)23(7)38(49)56-28(41)16-26)40(19-52-40)36(58-31(47)15-22(5)6)33(35(39)53-24(8)43)57-30(46)14-21(3)4/h11-12,16,20-23,27-28,33-37,42,50H,13-15,17-19H2,1-10H3/b12-11-,26-16+/t23-,27-,28-,33+,34+,35-,36+,37-,39+,40-,41-/m0/s1. The van der Waals surface area contributed by atoms with Gasteiger partial charge in [0.2, 0.25) is 0 Å². The Morgan fingerprint density at radius 1 is 0.793 bits per heavy atom. The number of rotatable bonds is 14. The molecule has 2 aliphatic carbocycles. The van der Waals surface area contributed by atoms with Crippen LogP contribution >= 0.6 is 0 Å². The Morgan fingerprint density at radius 2 is 1.33 bits per heavy atom. The summed E-state index contributed by atoms with van der Waals surface area (Å²) in [5.74, 6) is -9.48. The number of ether oxygens (including phenoxy) is 8. The number of hydrogen-bond acceptors (Lipinski definition) is 17. The van der Waals surface area contributed by atoms with E-state index in [1.165, 1.54) is 32.1 Å². The van der Waals surface area contributed by atoms with Gasteiger partial charge in [0.15, 0.2) is 30.0 Å². The van der Waals surface area contributed by atoms with E-state index in [2.05, 4.69) is 0 Å². The topological polar surface area (TPSA) is 237 Å². The van der Waals surface area contributed by atoms with Gasteiger partial charge in [-0.15, -0.1) is 0 Å². The van der Waals surface area contributed by atoms with Crippen molar-refractivity contribution in [1.29, 1.82) is 0 Å². The summed E-state index contributed by atoms with van der Waals surface area (Å²) < 4.78 is 47.8. The van der Waals surface area contributed by atoms with E-state index < -0.39 is 120 Å². The summed E-state index contributed by atoms with van der Waals surface area (Å²) in [5, 5.41) is 23.1. The molecular formula is C41H58O17. The zero-order valence-corrected chi connectivity index (χ0v) is 34.8. The van der Waals surface area contributed by atoms with Gasteiger partial charge in [-0.2, -0.15) is 0 Å². The average molecular weight is 823 g/mol. The van der Waals surface area contributed by atoms with Gasteiger partial charge >= 0.3 is 41.8 Å². The normalized spacial score (nSPS) is 35.4. The maximum absolute atomic E-state index is 13.6. The molecule has 2 N–H and O–H groups in total. The summed E-state index contributed by atoms with van der Waals surface area (Å²) in [5.41, 5.74) is -6.22. The second-order valence-corrected chi connectivity index (χ2v) is 17.1. The van der Waals surface area contributed by atoms with Crippen LogP contribution in [0.5, 0.6) is 0 Å². The molecule has 58 heavy (non-hydrogen) atoms. The van der Waals surface area contributed by atoms with Crippen LogP contribution in [-0.2, 0) is 71.5 Å². The molecule has 0 bridgehead atoms. The van der Waals surface area contributed by atoms with Crippen LogP contribution in [0.25, 0.3) is 0 Å². The first-order valence-electron chi connectivity index (χ1n) is 19.7. The molecule has 0 aromatic carbocycles. The van der Waals surface area contributed by atoms with Crippen LogP contribution in [0.2, 0.25) is 0 Å². The first-order valence-corrected chi connectivity index (χ1v) is 19.7. The molecule has 0 radical (unpaired) electrons. The molecule has 0 aromatic rings. The van der Waals surface area contributed by atoms with E-state index in [9.17, 15) is 43.8 Å². The monoisotopic (exact) mass is 822 g/mol. The lowest BCUT2D eigenvalue weighted by atomic mass is 9.51. The van der Waals surface area contributed by atoms with Crippen molar-refractivity contribution in [1.82, 2.24) is 0 Å². The average Bonchev–Trinajstić information content (AvgIpc) is 3.85. The third kappa shape index (κ3) is 9.74. The van der Waals surface area contributed by atoms with Gasteiger partial charge in [0.1, 0.15) is 31.0 Å². The lowest BCUT2D eigenvalue weighted by molar-refractivity contribution is -0.280. The number of aliphatic hydroxyl groups is 2. The smallest absolute Gasteiger partial charge is 0.332 e. The minimum absolute atomic E-state index is 0.0519. The van der Waals surface area contributed by atoms with Gasteiger partial charge in [-0.25, -0.2) is 4.79 Å². The molecule has 324 valence electrons. The second kappa shape index (κ2) is 18.3. The van der Waals surface area contributed by atoms with E-state index >= 15 is 0 Å². The highest BCUT2D eigenvalue weighted by molar-refractivity contribution is 5.78. The molecule has 4 rings (SSSR count). The van der Waals surface area contributed by atoms with Gasteiger partial charge < -0.3 is 48.1 Å². The highest BCUT2D eigenvalue weighted by Crippen LogP contribution is 2.63. The molecule has 3 fully saturated rings. The fourth-order valence-corrected chi connectivity index (χ4v) is 8.35. The molecule has 17 heteroatoms. The van der Waals surface area contributed by atoms with Crippen molar-refractivity contribution in [3.8, 4) is 0 Å². The van der Waals surface area contributed by atoms with E-state index in [1.807, 2.05) is 13.8 Å². The molecule has 17 nitrogen and oxygen atoms in total. The molecule has 0 aromatic heterocycles. The Balaban J connectivity index is 2.13. The van der Waals surface area contributed by atoms with Gasteiger partial charge in [-0.1, -0.05) is 54.5 Å². The molecule has 2 saturated heterocycles. The summed E-state index contributed by atoms with van der Waals surface area (Å²) in [4.78, 5) is 93.1. The van der Waals surface area contributed by atoms with Crippen LogP contribution in [0.3, 0.4) is 0 Å². The van der Waals surface area contributed by atoms with Crippen molar-refractivity contribution in [2.75, 3.05) is 19.8 Å². The zero-order valence-electron chi connectivity index (χ0n) is 34.8. The maximum atomic E-state index is 13.6. The van der Waals surface area contributed by atoms with Gasteiger partial charge in [-0.05, 0) is 42.4 Å². The largest absolute Gasteiger partial charge is 0.461 e. The molecule has 11 atom stereocenters. The number of epoxide rings is 1. The van der Waals surface area contributed by atoms with Crippen LogP contribution in [0.15, 0.2) is 23.8 Å². The lowest BCUT2D eigenvalue weighted by Gasteiger charge is -2.59. The van der Waals surface area contributed by atoms with E-state index in [0.717, 1.165) is 13.8 Å². The Bertz CT molecular complexity index is 1660. The van der Waals surface area contributed by atoms with Crippen molar-refractivity contribution in [2.24, 2.45) is 35.0 Å². The Kier molecular flexibility index (Phi) is 14.6. The minimum Gasteiger partial charge on any atom is -0.461 e. The number of fused-ring (bicyclic) bond motifs is 3. The van der Waals surface area contributed by atoms with Crippen molar-refractivity contribution < 1.29 is 81.7 Å². The third-order valence-corrected chi connectivity index (χ3v) is 11.0. The molecule has 0 amide bonds. The molecular weight excluding hydrogens is 764 g/mol. The SMILES string of the molecule is CC(=O)O[C@H]1[C@@H](OC(=O)CC(C)C)[C@@H](OC(=O)CC(C)C)[C@]2(CO2)[C@@H]2[C@H](OC(C)=O)[C@@]3(O)[C@H](/C=C(COC(=O)CC(C)C)\C=C/[C@H](OC(=O)CO)[C@@]12C)OC(=O)[C@@H]3C.